The van der Waals surface area contributed by atoms with Gasteiger partial charge in [0.1, 0.15) is 0 Å². The molecule has 0 fully saturated rings. The molecular weight excluding hydrogens is 134 g/mol. The fourth-order valence-electron chi connectivity index (χ4n) is 0.417. The summed E-state index contributed by atoms with van der Waals surface area (Å²) in [5.74, 6) is -0.336. The maximum absolute atomic E-state index is 10.1. The molecule has 0 saturated carbocycles. The molecule has 1 amide bonds. The zero-order chi connectivity index (χ0) is 7.82. The molecule has 0 aromatic heterocycles. The number of amides is 1. The molecule has 0 heterocycles. The predicted octanol–water partition coefficient (Wildman–Crippen LogP) is -0.475. The van der Waals surface area contributed by atoms with Crippen LogP contribution < -0.4 is 5.73 Å². The van der Waals surface area contributed by atoms with Crippen LogP contribution in [0.5, 0.6) is 0 Å². The van der Waals surface area contributed by atoms with Gasteiger partial charge in [0.2, 0.25) is 5.91 Å². The summed E-state index contributed by atoms with van der Waals surface area (Å²) >= 11 is 0. The first-order valence-corrected chi connectivity index (χ1v) is 3.12. The number of hydrogen-bond acceptors (Lipinski definition) is 3. The maximum Gasteiger partial charge on any atom is 0.219 e. The van der Waals surface area contributed by atoms with Gasteiger partial charge in [-0.1, -0.05) is 0 Å². The first kappa shape index (κ1) is 9.39. The van der Waals surface area contributed by atoms with Crippen LogP contribution in [0, 0.1) is 0 Å². The van der Waals surface area contributed by atoms with Gasteiger partial charge in [0.25, 0.3) is 0 Å². The van der Waals surface area contributed by atoms with Gasteiger partial charge in [0.15, 0.2) is 0 Å². The van der Waals surface area contributed by atoms with Crippen molar-refractivity contribution in [2.24, 2.45) is 5.73 Å². The number of hydrogen-bond donors (Lipinski definition) is 1. The number of methoxy groups -OCH3 is 1. The van der Waals surface area contributed by atoms with E-state index in [9.17, 15) is 4.79 Å². The van der Waals surface area contributed by atoms with Crippen molar-refractivity contribution in [3.05, 3.63) is 0 Å². The summed E-state index contributed by atoms with van der Waals surface area (Å²) in [6.07, 6.45) is 0.281. The summed E-state index contributed by atoms with van der Waals surface area (Å²) in [5.41, 5.74) is 4.86. The van der Waals surface area contributed by atoms with E-state index in [4.69, 9.17) is 15.2 Å². The molecule has 2 N–H and O–H groups in total. The Morgan fingerprint density at radius 1 is 1.40 bits per heavy atom. The molecule has 4 nitrogen and oxygen atoms in total. The second-order valence-corrected chi connectivity index (χ2v) is 1.82. The lowest BCUT2D eigenvalue weighted by atomic mass is 10.4. The number of ether oxygens (including phenoxy) is 2. The van der Waals surface area contributed by atoms with Gasteiger partial charge in [0, 0.05) is 13.5 Å². The van der Waals surface area contributed by atoms with Gasteiger partial charge >= 0.3 is 0 Å². The third-order valence-corrected chi connectivity index (χ3v) is 0.925. The van der Waals surface area contributed by atoms with E-state index in [-0.39, 0.29) is 12.3 Å². The van der Waals surface area contributed by atoms with Crippen molar-refractivity contribution in [2.75, 3.05) is 26.9 Å². The van der Waals surface area contributed by atoms with E-state index in [1.54, 1.807) is 7.11 Å². The lowest BCUT2D eigenvalue weighted by Crippen LogP contribution is -2.14. The summed E-state index contributed by atoms with van der Waals surface area (Å²) in [6.45, 7) is 1.46. The van der Waals surface area contributed by atoms with E-state index < -0.39 is 0 Å². The Labute approximate surface area is 60.3 Å². The van der Waals surface area contributed by atoms with Crippen LogP contribution in [0.25, 0.3) is 0 Å². The number of rotatable bonds is 6. The zero-order valence-electron chi connectivity index (χ0n) is 6.13. The summed E-state index contributed by atoms with van der Waals surface area (Å²) in [4.78, 5) is 10.1. The van der Waals surface area contributed by atoms with E-state index in [0.29, 0.717) is 19.8 Å². The van der Waals surface area contributed by atoms with E-state index in [2.05, 4.69) is 0 Å². The Hall–Kier alpha value is -0.610. The van der Waals surface area contributed by atoms with Crippen LogP contribution in [-0.2, 0) is 14.3 Å². The molecule has 0 saturated heterocycles. The van der Waals surface area contributed by atoms with E-state index in [1.807, 2.05) is 0 Å². The monoisotopic (exact) mass is 147 g/mol. The Morgan fingerprint density at radius 3 is 2.60 bits per heavy atom. The van der Waals surface area contributed by atoms with Gasteiger partial charge in [-0.2, -0.15) is 0 Å². The normalized spacial score (nSPS) is 9.70. The highest BCUT2D eigenvalue weighted by atomic mass is 16.5. The average Bonchev–Trinajstić information content (AvgIpc) is 1.87. The predicted molar refractivity (Wildman–Crippen MR) is 36.5 cm³/mol. The lowest BCUT2D eigenvalue weighted by molar-refractivity contribution is -0.119. The Morgan fingerprint density at radius 2 is 2.10 bits per heavy atom. The largest absolute Gasteiger partial charge is 0.382 e. The van der Waals surface area contributed by atoms with Crippen LogP contribution >= 0.6 is 0 Å². The van der Waals surface area contributed by atoms with Crippen molar-refractivity contribution in [3.8, 4) is 0 Å². The third-order valence-electron chi connectivity index (χ3n) is 0.925. The Kier molecular flexibility index (Phi) is 6.11. The maximum atomic E-state index is 10.1. The second kappa shape index (κ2) is 6.51. The Bertz CT molecular complexity index is 95.0. The van der Waals surface area contributed by atoms with Gasteiger partial charge in [-0.3, -0.25) is 4.79 Å². The van der Waals surface area contributed by atoms with Crippen molar-refractivity contribution in [3.63, 3.8) is 0 Å². The molecule has 0 aliphatic rings. The molecule has 60 valence electrons. The first-order valence-electron chi connectivity index (χ1n) is 3.12. The molecule has 0 unspecified atom stereocenters. The fourth-order valence-corrected chi connectivity index (χ4v) is 0.417. The van der Waals surface area contributed by atoms with Gasteiger partial charge in [0.05, 0.1) is 19.8 Å². The van der Waals surface area contributed by atoms with Gasteiger partial charge in [-0.15, -0.1) is 0 Å². The van der Waals surface area contributed by atoms with Crippen LogP contribution in [0.2, 0.25) is 0 Å². The molecule has 0 aromatic rings. The third kappa shape index (κ3) is 7.39. The van der Waals surface area contributed by atoms with Crippen LogP contribution in [0.4, 0.5) is 0 Å². The molecule has 0 rings (SSSR count). The van der Waals surface area contributed by atoms with Crippen molar-refractivity contribution in [2.45, 2.75) is 6.42 Å². The number of carbonyl (C=O) groups excluding carboxylic acids is 1. The molecule has 0 aliphatic heterocycles. The van der Waals surface area contributed by atoms with Crippen molar-refractivity contribution in [1.29, 1.82) is 0 Å². The highest BCUT2D eigenvalue weighted by Crippen LogP contribution is 1.80. The second-order valence-electron chi connectivity index (χ2n) is 1.82. The average molecular weight is 147 g/mol. The SMILES string of the molecule is COCCOCCC(N)=O. The van der Waals surface area contributed by atoms with Gasteiger partial charge in [-0.05, 0) is 0 Å². The van der Waals surface area contributed by atoms with Crippen molar-refractivity contribution >= 4 is 5.91 Å². The van der Waals surface area contributed by atoms with Gasteiger partial charge in [-0.25, -0.2) is 0 Å². The van der Waals surface area contributed by atoms with Crippen molar-refractivity contribution in [1.82, 2.24) is 0 Å². The minimum atomic E-state index is -0.336. The fraction of sp³-hybridized carbons (Fsp3) is 0.833. The lowest BCUT2D eigenvalue weighted by Gasteiger charge is -1.99. The molecule has 0 spiro atoms. The summed E-state index contributed by atoms with van der Waals surface area (Å²) in [5, 5.41) is 0. The van der Waals surface area contributed by atoms with E-state index in [1.165, 1.54) is 0 Å². The van der Waals surface area contributed by atoms with Crippen LogP contribution in [0.15, 0.2) is 0 Å². The summed E-state index contributed by atoms with van der Waals surface area (Å²) in [7, 11) is 1.59. The van der Waals surface area contributed by atoms with Crippen LogP contribution in [0.3, 0.4) is 0 Å². The smallest absolute Gasteiger partial charge is 0.219 e. The first-order chi connectivity index (χ1) is 4.77. The Balaban J connectivity index is 2.84. The number of primary amides is 1. The zero-order valence-corrected chi connectivity index (χ0v) is 6.13. The molecule has 0 aromatic carbocycles. The summed E-state index contributed by atoms with van der Waals surface area (Å²) in [6, 6.07) is 0. The van der Waals surface area contributed by atoms with Crippen LogP contribution in [-0.4, -0.2) is 32.8 Å². The highest BCUT2D eigenvalue weighted by Gasteiger charge is 1.92. The minimum absolute atomic E-state index is 0.281. The standard InChI is InChI=1S/C6H13NO3/c1-9-4-5-10-3-2-6(7)8/h2-5H2,1H3,(H2,7,8). The molecule has 0 aliphatic carbocycles. The molecular formula is C6H13NO3. The topological polar surface area (TPSA) is 61.6 Å². The van der Waals surface area contributed by atoms with E-state index in [0.717, 1.165) is 0 Å². The molecule has 10 heavy (non-hydrogen) atoms. The quantitative estimate of drug-likeness (QED) is 0.516. The van der Waals surface area contributed by atoms with E-state index >= 15 is 0 Å². The van der Waals surface area contributed by atoms with Crippen molar-refractivity contribution < 1.29 is 14.3 Å². The number of carbonyl (C=O) groups is 1. The molecule has 0 radical (unpaired) electrons. The molecule has 0 atom stereocenters. The number of nitrogens with two attached hydrogens (primary N) is 1. The summed E-state index contributed by atoms with van der Waals surface area (Å²) < 4.78 is 9.67. The molecule has 4 heteroatoms. The van der Waals surface area contributed by atoms with Gasteiger partial charge < -0.3 is 15.2 Å². The molecule has 0 bridgehead atoms. The minimum Gasteiger partial charge on any atom is -0.382 e. The highest BCUT2D eigenvalue weighted by molar-refractivity contribution is 5.73. The van der Waals surface area contributed by atoms with Crippen LogP contribution in [0.1, 0.15) is 6.42 Å².